The van der Waals surface area contributed by atoms with Crippen LogP contribution in [0, 0.1) is 0 Å². The van der Waals surface area contributed by atoms with Gasteiger partial charge in [0.15, 0.2) is 0 Å². The number of quaternary nitrogens is 1. The zero-order valence-corrected chi connectivity index (χ0v) is 17.6. The lowest BCUT2D eigenvalue weighted by Crippen LogP contribution is -2.91. The van der Waals surface area contributed by atoms with E-state index in [4.69, 9.17) is 0 Å². The number of ketones is 1. The van der Waals surface area contributed by atoms with E-state index in [1.165, 1.54) is 15.8 Å². The molecule has 2 aromatic carbocycles. The number of hydrogen-bond acceptors (Lipinski definition) is 2. The van der Waals surface area contributed by atoms with Crippen molar-refractivity contribution in [3.63, 3.8) is 0 Å². The molecule has 0 unspecified atom stereocenters. The van der Waals surface area contributed by atoms with E-state index in [-0.39, 0.29) is 17.7 Å². The molecule has 0 fully saturated rings. The summed E-state index contributed by atoms with van der Waals surface area (Å²) in [6, 6.07) is 20.5. The highest BCUT2D eigenvalue weighted by atomic mass is 32.1. The van der Waals surface area contributed by atoms with Gasteiger partial charge in [-0.25, -0.2) is 0 Å². The molecule has 3 aromatic heterocycles. The zero-order chi connectivity index (χ0) is 20.5. The van der Waals surface area contributed by atoms with Gasteiger partial charge in [0, 0.05) is 44.6 Å². The Morgan fingerprint density at radius 1 is 0.933 bits per heavy atom. The summed E-state index contributed by atoms with van der Waals surface area (Å²) in [5, 5.41) is 6.54. The molecule has 0 amide bonds. The van der Waals surface area contributed by atoms with Gasteiger partial charge in [-0.2, -0.15) is 0 Å². The maximum Gasteiger partial charge on any atom is 0.221 e. The van der Waals surface area contributed by atoms with E-state index >= 15 is 0 Å². The van der Waals surface area contributed by atoms with Crippen molar-refractivity contribution < 1.29 is 10.1 Å². The molecule has 5 heteroatoms. The van der Waals surface area contributed by atoms with Crippen LogP contribution in [0.4, 0.5) is 0 Å². The van der Waals surface area contributed by atoms with Crippen LogP contribution in [0.2, 0.25) is 0 Å². The normalized spacial score (nSPS) is 13.6. The van der Waals surface area contributed by atoms with E-state index in [2.05, 4.69) is 63.3 Å². The van der Waals surface area contributed by atoms with Crippen LogP contribution >= 0.6 is 11.3 Å². The Morgan fingerprint density at radius 3 is 2.40 bits per heavy atom. The molecule has 0 radical (unpaired) electrons. The van der Waals surface area contributed by atoms with Gasteiger partial charge < -0.3 is 15.3 Å². The average molecular weight is 415 g/mol. The highest BCUT2D eigenvalue weighted by Crippen LogP contribution is 2.32. The molecule has 30 heavy (non-hydrogen) atoms. The predicted octanol–water partition coefficient (Wildman–Crippen LogP) is 4.68. The monoisotopic (exact) mass is 414 g/mol. The minimum absolute atomic E-state index is 0.156. The summed E-state index contributed by atoms with van der Waals surface area (Å²) < 4.78 is 0. The number of H-pyrrole nitrogens is 2. The van der Waals surface area contributed by atoms with Crippen LogP contribution in [0.3, 0.4) is 0 Å². The molecule has 2 atom stereocenters. The number of nitrogens with two attached hydrogens (primary N) is 1. The maximum atomic E-state index is 13.2. The molecule has 0 saturated carbocycles. The van der Waals surface area contributed by atoms with Gasteiger partial charge in [-0.15, -0.1) is 11.3 Å². The Hall–Kier alpha value is -3.15. The Balaban J connectivity index is 1.40. The molecule has 0 saturated heterocycles. The quantitative estimate of drug-likeness (QED) is 0.333. The molecule has 3 heterocycles. The van der Waals surface area contributed by atoms with E-state index in [9.17, 15) is 4.79 Å². The number of nitrogens with one attached hydrogen (secondary N) is 2. The van der Waals surface area contributed by atoms with Crippen LogP contribution in [0.1, 0.15) is 33.6 Å². The molecule has 0 bridgehead atoms. The van der Waals surface area contributed by atoms with E-state index in [0.717, 1.165) is 28.5 Å². The predicted molar refractivity (Wildman–Crippen MR) is 123 cm³/mol. The summed E-state index contributed by atoms with van der Waals surface area (Å²) in [4.78, 5) is 21.1. The number of hydrogen-bond donors (Lipinski definition) is 3. The van der Waals surface area contributed by atoms with Gasteiger partial charge in [0.2, 0.25) is 5.78 Å². The van der Waals surface area contributed by atoms with Gasteiger partial charge in [-0.05, 0) is 36.1 Å². The lowest BCUT2D eigenvalue weighted by atomic mass is 9.96. The molecular weight excluding hydrogens is 390 g/mol. The largest absolute Gasteiger partial charge is 0.361 e. The summed E-state index contributed by atoms with van der Waals surface area (Å²) in [6.45, 7) is 2.82. The first-order chi connectivity index (χ1) is 14.7. The van der Waals surface area contributed by atoms with Crippen LogP contribution in [0.15, 0.2) is 78.4 Å². The SMILES string of the molecule is C[C@@H]([NH2+]C[C@H](c1cccs1)c1c[nH]c2ccccc12)C(=O)c1c[nH]c2ccccc12. The second kappa shape index (κ2) is 7.94. The van der Waals surface area contributed by atoms with Crippen molar-refractivity contribution >= 4 is 38.9 Å². The highest BCUT2D eigenvalue weighted by molar-refractivity contribution is 7.10. The molecule has 4 N–H and O–H groups in total. The van der Waals surface area contributed by atoms with Crippen molar-refractivity contribution in [3.05, 3.63) is 94.4 Å². The van der Waals surface area contributed by atoms with Crippen LogP contribution in [-0.4, -0.2) is 28.3 Å². The molecule has 5 rings (SSSR count). The fourth-order valence-electron chi connectivity index (χ4n) is 4.24. The number of Topliss-reactive ketones (excluding diaryl/α,β-unsaturated/α-hetero) is 1. The number of carbonyl (C=O) groups excluding carboxylic acids is 1. The third-order valence-corrected chi connectivity index (χ3v) is 6.86. The van der Waals surface area contributed by atoms with E-state index in [1.807, 2.05) is 37.4 Å². The standard InChI is InChI=1S/C25H23N3OS/c1-16(25(29)21-15-28-23-10-5-3-8-18(21)23)26-14-20(24-11-6-12-30-24)19-13-27-22-9-4-2-7-17(19)22/h2-13,15-16,20,26-28H,14H2,1H3/p+1/t16-,20+/m1/s1. The van der Waals surface area contributed by atoms with Crippen LogP contribution in [0.5, 0.6) is 0 Å². The van der Waals surface area contributed by atoms with Crippen molar-refractivity contribution in [1.82, 2.24) is 9.97 Å². The lowest BCUT2D eigenvalue weighted by molar-refractivity contribution is -0.673. The topological polar surface area (TPSA) is 65.3 Å². The highest BCUT2D eigenvalue weighted by Gasteiger charge is 2.26. The smallest absolute Gasteiger partial charge is 0.221 e. The summed E-state index contributed by atoms with van der Waals surface area (Å²) in [6.07, 6.45) is 3.96. The third-order valence-electron chi connectivity index (χ3n) is 5.88. The number of aromatic nitrogens is 2. The summed E-state index contributed by atoms with van der Waals surface area (Å²) in [5.74, 6) is 0.399. The molecule has 4 nitrogen and oxygen atoms in total. The zero-order valence-electron chi connectivity index (χ0n) is 16.8. The number of para-hydroxylation sites is 2. The molecule has 5 aromatic rings. The van der Waals surface area contributed by atoms with Crippen LogP contribution in [-0.2, 0) is 0 Å². The van der Waals surface area contributed by atoms with E-state index < -0.39 is 0 Å². The lowest BCUT2D eigenvalue weighted by Gasteiger charge is -2.17. The molecule has 0 spiro atoms. The molecule has 0 aliphatic rings. The van der Waals surface area contributed by atoms with E-state index in [0.29, 0.717) is 0 Å². The van der Waals surface area contributed by atoms with E-state index in [1.54, 1.807) is 11.3 Å². The molecule has 0 aliphatic carbocycles. The first-order valence-corrected chi connectivity index (χ1v) is 11.1. The number of fused-ring (bicyclic) bond motifs is 2. The van der Waals surface area contributed by atoms with Crippen molar-refractivity contribution in [3.8, 4) is 0 Å². The first-order valence-electron chi connectivity index (χ1n) is 10.3. The van der Waals surface area contributed by atoms with Crippen molar-refractivity contribution in [2.24, 2.45) is 0 Å². The number of benzene rings is 2. The third kappa shape index (κ3) is 3.36. The molecule has 0 aliphatic heterocycles. The molecule has 150 valence electrons. The van der Waals surface area contributed by atoms with Crippen molar-refractivity contribution in [2.75, 3.05) is 6.54 Å². The summed E-state index contributed by atoms with van der Waals surface area (Å²) >= 11 is 1.77. The average Bonchev–Trinajstić information content (AvgIpc) is 3.53. The second-order valence-electron chi connectivity index (χ2n) is 7.73. The number of thiophene rings is 1. The van der Waals surface area contributed by atoms with Gasteiger partial charge in [0.1, 0.15) is 6.04 Å². The van der Waals surface area contributed by atoms with Crippen LogP contribution < -0.4 is 5.32 Å². The number of rotatable bonds is 7. The number of aromatic amines is 2. The Bertz CT molecular complexity index is 1300. The summed E-state index contributed by atoms with van der Waals surface area (Å²) in [7, 11) is 0. The fraction of sp³-hybridized carbons (Fsp3) is 0.160. The maximum absolute atomic E-state index is 13.2. The van der Waals surface area contributed by atoms with Gasteiger partial charge in [-0.1, -0.05) is 42.5 Å². The van der Waals surface area contributed by atoms with Gasteiger partial charge in [0.05, 0.1) is 12.5 Å². The summed E-state index contributed by atoms with van der Waals surface area (Å²) in [5.41, 5.74) is 4.21. The van der Waals surface area contributed by atoms with Crippen molar-refractivity contribution in [2.45, 2.75) is 18.9 Å². The van der Waals surface area contributed by atoms with Gasteiger partial charge in [0.25, 0.3) is 0 Å². The minimum Gasteiger partial charge on any atom is -0.361 e. The minimum atomic E-state index is -0.156. The Morgan fingerprint density at radius 2 is 1.63 bits per heavy atom. The Labute approximate surface area is 179 Å². The Kier molecular flexibility index (Phi) is 4.99. The van der Waals surface area contributed by atoms with Crippen molar-refractivity contribution in [1.29, 1.82) is 0 Å². The number of carbonyl (C=O) groups is 1. The second-order valence-corrected chi connectivity index (χ2v) is 8.71. The van der Waals surface area contributed by atoms with Crippen LogP contribution in [0.25, 0.3) is 21.8 Å². The van der Waals surface area contributed by atoms with Gasteiger partial charge >= 0.3 is 0 Å². The molecular formula is C25H24N3OS+. The first kappa shape index (κ1) is 18.9. The fourth-order valence-corrected chi connectivity index (χ4v) is 5.09. The van der Waals surface area contributed by atoms with Gasteiger partial charge in [-0.3, -0.25) is 4.79 Å².